The van der Waals surface area contributed by atoms with Crippen molar-refractivity contribution < 1.29 is 8.42 Å². The van der Waals surface area contributed by atoms with Gasteiger partial charge in [-0.05, 0) is 54.7 Å². The predicted octanol–water partition coefficient (Wildman–Crippen LogP) is 3.42. The van der Waals surface area contributed by atoms with Crippen LogP contribution in [0.4, 0.5) is 11.5 Å². The zero-order chi connectivity index (χ0) is 20.3. The van der Waals surface area contributed by atoms with Gasteiger partial charge in [0.15, 0.2) is 0 Å². The van der Waals surface area contributed by atoms with Gasteiger partial charge in [-0.15, -0.1) is 0 Å². The number of fused-ring (bicyclic) bond motifs is 1. The molecule has 3 aromatic rings. The SMILES string of the molecule is CCS(=O)(=O)Nc1ccc(CCN2CCN(c3nsc4ccccc34)CC2)cc1. The van der Waals surface area contributed by atoms with Crippen molar-refractivity contribution in [3.63, 3.8) is 0 Å². The largest absolute Gasteiger partial charge is 0.353 e. The average Bonchev–Trinajstić information content (AvgIpc) is 3.18. The fourth-order valence-corrected chi connectivity index (χ4v) is 5.00. The van der Waals surface area contributed by atoms with Crippen LogP contribution in [-0.2, 0) is 16.4 Å². The number of anilines is 2. The van der Waals surface area contributed by atoms with Crippen LogP contribution in [0.5, 0.6) is 0 Å². The van der Waals surface area contributed by atoms with E-state index in [-0.39, 0.29) is 5.75 Å². The van der Waals surface area contributed by atoms with E-state index >= 15 is 0 Å². The van der Waals surface area contributed by atoms with Gasteiger partial charge < -0.3 is 4.90 Å². The summed E-state index contributed by atoms with van der Waals surface area (Å²) in [5.74, 6) is 1.20. The number of nitrogens with one attached hydrogen (secondary N) is 1. The summed E-state index contributed by atoms with van der Waals surface area (Å²) in [5.41, 5.74) is 1.84. The molecule has 1 aliphatic heterocycles. The molecule has 8 heteroatoms. The van der Waals surface area contributed by atoms with E-state index in [0.29, 0.717) is 5.69 Å². The van der Waals surface area contributed by atoms with Crippen molar-refractivity contribution >= 4 is 43.1 Å². The van der Waals surface area contributed by atoms with E-state index in [0.717, 1.165) is 45.0 Å². The zero-order valence-corrected chi connectivity index (χ0v) is 18.2. The van der Waals surface area contributed by atoms with Gasteiger partial charge >= 0.3 is 0 Å². The number of nitrogens with zero attached hydrogens (tertiary/aromatic N) is 3. The van der Waals surface area contributed by atoms with E-state index in [1.54, 1.807) is 18.5 Å². The Kier molecular flexibility index (Phi) is 6.03. The van der Waals surface area contributed by atoms with Crippen LogP contribution < -0.4 is 9.62 Å². The molecule has 2 aromatic carbocycles. The summed E-state index contributed by atoms with van der Waals surface area (Å²) in [6.07, 6.45) is 0.959. The Morgan fingerprint density at radius 3 is 2.48 bits per heavy atom. The normalized spacial score (nSPS) is 15.7. The molecule has 154 valence electrons. The van der Waals surface area contributed by atoms with Gasteiger partial charge in [0.1, 0.15) is 5.82 Å². The third kappa shape index (κ3) is 4.88. The highest BCUT2D eigenvalue weighted by atomic mass is 32.2. The van der Waals surface area contributed by atoms with E-state index in [4.69, 9.17) is 0 Å². The van der Waals surface area contributed by atoms with Gasteiger partial charge in [-0.25, -0.2) is 8.42 Å². The molecule has 0 atom stereocenters. The monoisotopic (exact) mass is 430 g/mol. The summed E-state index contributed by atoms with van der Waals surface area (Å²) >= 11 is 1.57. The molecular weight excluding hydrogens is 404 g/mol. The first kappa shape index (κ1) is 20.1. The second-order valence-corrected chi connectivity index (χ2v) is 10.1. The number of piperazine rings is 1. The highest BCUT2D eigenvalue weighted by molar-refractivity contribution is 7.92. The fourth-order valence-electron chi connectivity index (χ4n) is 3.56. The Bertz CT molecular complexity index is 1060. The second-order valence-electron chi connectivity index (χ2n) is 7.28. The molecule has 6 nitrogen and oxygen atoms in total. The number of sulfonamides is 1. The van der Waals surface area contributed by atoms with Gasteiger partial charge in [0.05, 0.1) is 10.5 Å². The number of benzene rings is 2. The van der Waals surface area contributed by atoms with Crippen LogP contribution in [0.25, 0.3) is 10.1 Å². The molecule has 0 aliphatic carbocycles. The molecule has 0 bridgehead atoms. The van der Waals surface area contributed by atoms with Crippen molar-refractivity contribution in [2.75, 3.05) is 48.1 Å². The van der Waals surface area contributed by atoms with Crippen molar-refractivity contribution in [3.05, 3.63) is 54.1 Å². The van der Waals surface area contributed by atoms with Gasteiger partial charge in [-0.1, -0.05) is 24.3 Å². The van der Waals surface area contributed by atoms with Crippen molar-refractivity contribution in [3.8, 4) is 0 Å². The lowest BCUT2D eigenvalue weighted by atomic mass is 10.1. The number of aromatic nitrogens is 1. The first-order valence-electron chi connectivity index (χ1n) is 9.95. The third-order valence-corrected chi connectivity index (χ3v) is 7.48. The first-order valence-corrected chi connectivity index (χ1v) is 12.4. The van der Waals surface area contributed by atoms with Crippen LogP contribution in [-0.4, -0.2) is 56.2 Å². The summed E-state index contributed by atoms with van der Waals surface area (Å²) in [6.45, 7) is 6.68. The lowest BCUT2D eigenvalue weighted by Gasteiger charge is -2.35. The lowest BCUT2D eigenvalue weighted by molar-refractivity contribution is 0.261. The van der Waals surface area contributed by atoms with Crippen LogP contribution in [0.1, 0.15) is 12.5 Å². The highest BCUT2D eigenvalue weighted by Crippen LogP contribution is 2.29. The lowest BCUT2D eigenvalue weighted by Crippen LogP contribution is -2.47. The number of rotatable bonds is 7. The Morgan fingerprint density at radius 2 is 1.76 bits per heavy atom. The maximum absolute atomic E-state index is 11.6. The van der Waals surface area contributed by atoms with Gasteiger partial charge in [-0.2, -0.15) is 4.37 Å². The van der Waals surface area contributed by atoms with Crippen LogP contribution in [0.15, 0.2) is 48.5 Å². The molecule has 2 heterocycles. The highest BCUT2D eigenvalue weighted by Gasteiger charge is 2.20. The first-order chi connectivity index (χ1) is 14.0. The quantitative estimate of drug-likeness (QED) is 0.622. The van der Waals surface area contributed by atoms with Crippen molar-refractivity contribution in [2.45, 2.75) is 13.3 Å². The van der Waals surface area contributed by atoms with Gasteiger partial charge in [0.25, 0.3) is 0 Å². The van der Waals surface area contributed by atoms with Gasteiger partial charge in [0.2, 0.25) is 10.0 Å². The number of hydrogen-bond acceptors (Lipinski definition) is 6. The molecule has 4 rings (SSSR count). The molecule has 1 N–H and O–H groups in total. The number of hydrogen-bond donors (Lipinski definition) is 1. The van der Waals surface area contributed by atoms with E-state index in [2.05, 4.69) is 43.2 Å². The maximum atomic E-state index is 11.6. The molecular formula is C21H26N4O2S2. The molecule has 0 unspecified atom stereocenters. The van der Waals surface area contributed by atoms with Gasteiger partial charge in [0, 0.05) is 43.8 Å². The van der Waals surface area contributed by atoms with Crippen LogP contribution in [0.3, 0.4) is 0 Å². The topological polar surface area (TPSA) is 65.5 Å². The summed E-state index contributed by atoms with van der Waals surface area (Å²) in [5, 5.41) is 1.25. The van der Waals surface area contributed by atoms with E-state index in [1.807, 2.05) is 24.3 Å². The molecule has 29 heavy (non-hydrogen) atoms. The van der Waals surface area contributed by atoms with E-state index < -0.39 is 10.0 Å². The standard InChI is InChI=1S/C21H26N4O2S2/c1-2-29(26,27)23-18-9-7-17(8-10-18)11-12-24-13-15-25(16-14-24)21-19-5-3-4-6-20(19)28-22-21/h3-10,23H,2,11-16H2,1H3. The average molecular weight is 431 g/mol. The predicted molar refractivity (Wildman–Crippen MR) is 122 cm³/mol. The Morgan fingerprint density at radius 1 is 1.03 bits per heavy atom. The van der Waals surface area contributed by atoms with Crippen molar-refractivity contribution in [1.82, 2.24) is 9.27 Å². The maximum Gasteiger partial charge on any atom is 0.232 e. The molecule has 1 aliphatic rings. The van der Waals surface area contributed by atoms with Gasteiger partial charge in [-0.3, -0.25) is 9.62 Å². The third-order valence-electron chi connectivity index (χ3n) is 5.35. The smallest absolute Gasteiger partial charge is 0.232 e. The molecule has 0 saturated carbocycles. The Balaban J connectivity index is 1.28. The molecule has 0 spiro atoms. The van der Waals surface area contributed by atoms with E-state index in [1.165, 1.54) is 15.6 Å². The summed E-state index contributed by atoms with van der Waals surface area (Å²) in [6, 6.07) is 16.1. The molecule has 0 amide bonds. The van der Waals surface area contributed by atoms with E-state index in [9.17, 15) is 8.42 Å². The molecule has 1 fully saturated rings. The minimum Gasteiger partial charge on any atom is -0.353 e. The Labute approximate surface area is 176 Å². The zero-order valence-electron chi connectivity index (χ0n) is 16.5. The molecule has 1 aromatic heterocycles. The minimum absolute atomic E-state index is 0.0808. The van der Waals surface area contributed by atoms with Crippen molar-refractivity contribution in [2.24, 2.45) is 0 Å². The Hall–Kier alpha value is -2.16. The van der Waals surface area contributed by atoms with Crippen LogP contribution >= 0.6 is 11.5 Å². The van der Waals surface area contributed by atoms with Crippen LogP contribution in [0.2, 0.25) is 0 Å². The summed E-state index contributed by atoms with van der Waals surface area (Å²) in [7, 11) is -3.22. The fraction of sp³-hybridized carbons (Fsp3) is 0.381. The summed E-state index contributed by atoms with van der Waals surface area (Å²) in [4.78, 5) is 4.88. The van der Waals surface area contributed by atoms with Crippen LogP contribution in [0, 0.1) is 0 Å². The summed E-state index contributed by atoms with van der Waals surface area (Å²) < 4.78 is 31.8. The second kappa shape index (κ2) is 8.69. The molecule has 0 radical (unpaired) electrons. The minimum atomic E-state index is -3.22. The van der Waals surface area contributed by atoms with Crippen molar-refractivity contribution in [1.29, 1.82) is 0 Å². The molecule has 1 saturated heterocycles.